The van der Waals surface area contributed by atoms with Crippen LogP contribution < -0.4 is 0 Å². The van der Waals surface area contributed by atoms with Gasteiger partial charge in [-0.25, -0.2) is 0 Å². The Morgan fingerprint density at radius 2 is 1.40 bits per heavy atom. The zero-order valence-electron chi connectivity index (χ0n) is 8.30. The van der Waals surface area contributed by atoms with Crippen LogP contribution in [-0.2, 0) is 0 Å². The smallest absolute Gasteiger partial charge is 0.0499 e. The second-order valence-electron chi connectivity index (χ2n) is 3.41. The zero-order chi connectivity index (χ0) is 10.8. The maximum Gasteiger partial charge on any atom is 0.0499 e. The van der Waals surface area contributed by atoms with Crippen LogP contribution in [0.4, 0.5) is 0 Å². The summed E-state index contributed by atoms with van der Waals surface area (Å²) >= 11 is 12.3. The van der Waals surface area contributed by atoms with Crippen LogP contribution in [0.5, 0.6) is 0 Å². The van der Waals surface area contributed by atoms with Gasteiger partial charge in [0.15, 0.2) is 0 Å². The minimum absolute atomic E-state index is 0.691. The van der Waals surface area contributed by atoms with Crippen LogP contribution >= 0.6 is 23.2 Å². The van der Waals surface area contributed by atoms with Crippen molar-refractivity contribution in [1.82, 2.24) is 0 Å². The van der Waals surface area contributed by atoms with Crippen molar-refractivity contribution in [1.29, 1.82) is 0 Å². The Labute approximate surface area is 99.5 Å². The summed E-state index contributed by atoms with van der Waals surface area (Å²) < 4.78 is 0. The summed E-state index contributed by atoms with van der Waals surface area (Å²) in [6.45, 7) is 2.05. The normalized spacial score (nSPS) is 10.3. The Kier molecular flexibility index (Phi) is 2.99. The van der Waals surface area contributed by atoms with Gasteiger partial charge < -0.3 is 0 Å². The fraction of sp³-hybridized carbons (Fsp3) is 0.0769. The highest BCUT2D eigenvalue weighted by molar-refractivity contribution is 6.39. The van der Waals surface area contributed by atoms with Gasteiger partial charge in [-0.05, 0) is 30.2 Å². The van der Waals surface area contributed by atoms with E-state index in [1.807, 2.05) is 36.4 Å². The van der Waals surface area contributed by atoms with Crippen molar-refractivity contribution < 1.29 is 0 Å². The van der Waals surface area contributed by atoms with Crippen LogP contribution in [0.2, 0.25) is 10.0 Å². The fourth-order valence-electron chi connectivity index (χ4n) is 1.61. The molecule has 0 unspecified atom stereocenters. The lowest BCUT2D eigenvalue weighted by Crippen LogP contribution is -1.85. The third kappa shape index (κ3) is 2.01. The molecular formula is C13H10Cl2. The average molecular weight is 237 g/mol. The van der Waals surface area contributed by atoms with Crippen molar-refractivity contribution in [3.05, 3.63) is 58.1 Å². The van der Waals surface area contributed by atoms with E-state index in [2.05, 4.69) is 13.0 Å². The molecule has 0 atom stereocenters. The molecule has 0 bridgehead atoms. The van der Waals surface area contributed by atoms with E-state index in [0.29, 0.717) is 10.0 Å². The number of hydrogen-bond donors (Lipinski definition) is 0. The quantitative estimate of drug-likeness (QED) is 0.656. The molecule has 2 heteroatoms. The van der Waals surface area contributed by atoms with E-state index in [9.17, 15) is 0 Å². The maximum atomic E-state index is 6.15. The van der Waals surface area contributed by atoms with Gasteiger partial charge in [-0.15, -0.1) is 0 Å². The molecule has 0 spiro atoms. The van der Waals surface area contributed by atoms with E-state index in [0.717, 1.165) is 11.1 Å². The lowest BCUT2D eigenvalue weighted by Gasteiger charge is -2.09. The summed E-state index contributed by atoms with van der Waals surface area (Å²) in [4.78, 5) is 0. The van der Waals surface area contributed by atoms with Crippen molar-refractivity contribution >= 4 is 23.2 Å². The summed E-state index contributed by atoms with van der Waals surface area (Å²) in [6, 6.07) is 13.6. The first-order valence-electron chi connectivity index (χ1n) is 4.70. The van der Waals surface area contributed by atoms with Crippen LogP contribution in [0.15, 0.2) is 42.5 Å². The first kappa shape index (κ1) is 10.5. The number of benzene rings is 2. The van der Waals surface area contributed by atoms with E-state index in [4.69, 9.17) is 23.2 Å². The summed E-state index contributed by atoms with van der Waals surface area (Å²) in [5.74, 6) is 0. The van der Waals surface area contributed by atoms with Crippen LogP contribution in [0.3, 0.4) is 0 Å². The number of aryl methyl sites for hydroxylation is 1. The average Bonchev–Trinajstić information content (AvgIpc) is 2.20. The molecule has 15 heavy (non-hydrogen) atoms. The molecule has 0 saturated heterocycles. The van der Waals surface area contributed by atoms with Crippen LogP contribution in [0, 0.1) is 6.92 Å². The summed E-state index contributed by atoms with van der Waals surface area (Å²) in [7, 11) is 0. The molecule has 0 amide bonds. The molecule has 0 saturated carbocycles. The van der Waals surface area contributed by atoms with Crippen molar-refractivity contribution in [2.75, 3.05) is 0 Å². The molecule has 0 aliphatic carbocycles. The molecule has 0 fully saturated rings. The first-order valence-corrected chi connectivity index (χ1v) is 5.46. The lowest BCUT2D eigenvalue weighted by atomic mass is 10.0. The summed E-state index contributed by atoms with van der Waals surface area (Å²) in [5.41, 5.74) is 3.18. The Balaban J connectivity index is 2.69. The molecule has 0 aliphatic heterocycles. The predicted octanol–water partition coefficient (Wildman–Crippen LogP) is 4.97. The molecule has 0 nitrogen and oxygen atoms in total. The van der Waals surface area contributed by atoms with E-state index in [1.165, 1.54) is 5.56 Å². The molecule has 0 aliphatic rings. The van der Waals surface area contributed by atoms with Gasteiger partial charge in [0.05, 0.1) is 0 Å². The van der Waals surface area contributed by atoms with Crippen molar-refractivity contribution in [2.45, 2.75) is 6.92 Å². The zero-order valence-corrected chi connectivity index (χ0v) is 9.81. The highest BCUT2D eigenvalue weighted by Crippen LogP contribution is 2.35. The van der Waals surface area contributed by atoms with Crippen molar-refractivity contribution in [3.8, 4) is 11.1 Å². The maximum absolute atomic E-state index is 6.15. The lowest BCUT2D eigenvalue weighted by molar-refractivity contribution is 1.46. The number of halogens is 2. The SMILES string of the molecule is Cc1ccccc1-c1c(Cl)cccc1Cl. The molecular weight excluding hydrogens is 227 g/mol. The summed E-state index contributed by atoms with van der Waals surface area (Å²) in [5, 5.41) is 1.38. The molecule has 0 heterocycles. The Morgan fingerprint density at radius 3 is 2.00 bits per heavy atom. The van der Waals surface area contributed by atoms with Crippen LogP contribution in [0.25, 0.3) is 11.1 Å². The topological polar surface area (TPSA) is 0 Å². The van der Waals surface area contributed by atoms with Gasteiger partial charge in [-0.3, -0.25) is 0 Å². The van der Waals surface area contributed by atoms with Gasteiger partial charge in [0, 0.05) is 15.6 Å². The first-order chi connectivity index (χ1) is 7.20. The molecule has 0 aromatic heterocycles. The highest BCUT2D eigenvalue weighted by Gasteiger charge is 2.09. The fourth-order valence-corrected chi connectivity index (χ4v) is 2.21. The monoisotopic (exact) mass is 236 g/mol. The van der Waals surface area contributed by atoms with Gasteiger partial charge in [-0.1, -0.05) is 53.5 Å². The van der Waals surface area contributed by atoms with Gasteiger partial charge >= 0.3 is 0 Å². The molecule has 2 rings (SSSR count). The third-order valence-electron chi connectivity index (χ3n) is 2.38. The Morgan fingerprint density at radius 1 is 0.800 bits per heavy atom. The van der Waals surface area contributed by atoms with E-state index in [1.54, 1.807) is 0 Å². The van der Waals surface area contributed by atoms with Crippen LogP contribution in [-0.4, -0.2) is 0 Å². The van der Waals surface area contributed by atoms with Crippen LogP contribution in [0.1, 0.15) is 5.56 Å². The molecule has 2 aromatic rings. The standard InChI is InChI=1S/C13H10Cl2/c1-9-5-2-3-6-10(9)13-11(14)7-4-8-12(13)15/h2-8H,1H3. The largest absolute Gasteiger partial charge is 0.0836 e. The van der Waals surface area contributed by atoms with Crippen molar-refractivity contribution in [3.63, 3.8) is 0 Å². The number of rotatable bonds is 1. The summed E-state index contributed by atoms with van der Waals surface area (Å²) in [6.07, 6.45) is 0. The second kappa shape index (κ2) is 4.26. The Bertz CT molecular complexity index is 469. The number of hydrogen-bond acceptors (Lipinski definition) is 0. The Hall–Kier alpha value is -0.980. The van der Waals surface area contributed by atoms with E-state index in [-0.39, 0.29) is 0 Å². The molecule has 2 aromatic carbocycles. The van der Waals surface area contributed by atoms with E-state index >= 15 is 0 Å². The van der Waals surface area contributed by atoms with Gasteiger partial charge in [0.1, 0.15) is 0 Å². The predicted molar refractivity (Wildman–Crippen MR) is 66.6 cm³/mol. The molecule has 0 radical (unpaired) electrons. The van der Waals surface area contributed by atoms with Gasteiger partial charge in [0.25, 0.3) is 0 Å². The molecule has 0 N–H and O–H groups in total. The minimum atomic E-state index is 0.691. The molecule has 76 valence electrons. The van der Waals surface area contributed by atoms with Gasteiger partial charge in [0.2, 0.25) is 0 Å². The highest BCUT2D eigenvalue weighted by atomic mass is 35.5. The minimum Gasteiger partial charge on any atom is -0.0836 e. The van der Waals surface area contributed by atoms with Crippen molar-refractivity contribution in [2.24, 2.45) is 0 Å². The third-order valence-corrected chi connectivity index (χ3v) is 3.01. The van der Waals surface area contributed by atoms with Gasteiger partial charge in [-0.2, -0.15) is 0 Å². The second-order valence-corrected chi connectivity index (χ2v) is 4.23. The van der Waals surface area contributed by atoms with E-state index < -0.39 is 0 Å².